The van der Waals surface area contributed by atoms with E-state index in [1.807, 2.05) is 24.3 Å². The third kappa shape index (κ3) is 3.98. The van der Waals surface area contributed by atoms with Crippen molar-refractivity contribution in [3.8, 4) is 22.6 Å². The van der Waals surface area contributed by atoms with Crippen LogP contribution in [0.25, 0.3) is 28.7 Å². The summed E-state index contributed by atoms with van der Waals surface area (Å²) in [5.74, 6) is 1.39. The molecule has 1 aromatic carbocycles. The molecule has 4 aromatic rings. The van der Waals surface area contributed by atoms with Crippen LogP contribution in [0.1, 0.15) is 43.2 Å². The molecule has 0 amide bonds. The summed E-state index contributed by atoms with van der Waals surface area (Å²) in [5.41, 5.74) is 4.37. The minimum atomic E-state index is -0.262. The van der Waals surface area contributed by atoms with Gasteiger partial charge in [-0.15, -0.1) is 0 Å². The highest BCUT2D eigenvalue weighted by atomic mass is 19.1. The summed E-state index contributed by atoms with van der Waals surface area (Å²) < 4.78 is 15.9. The molecule has 0 radical (unpaired) electrons. The van der Waals surface area contributed by atoms with Gasteiger partial charge in [-0.05, 0) is 74.2 Å². The van der Waals surface area contributed by atoms with Gasteiger partial charge in [0, 0.05) is 30.4 Å². The lowest BCUT2D eigenvalue weighted by Crippen LogP contribution is -2.28. The summed E-state index contributed by atoms with van der Waals surface area (Å²) >= 11 is 0. The number of hydrogen-bond donors (Lipinski definition) is 1. The molecule has 4 heterocycles. The van der Waals surface area contributed by atoms with Crippen molar-refractivity contribution in [2.24, 2.45) is 0 Å². The molecule has 1 saturated carbocycles. The Morgan fingerprint density at radius 3 is 2.59 bits per heavy atom. The van der Waals surface area contributed by atoms with Crippen LogP contribution < -0.4 is 5.32 Å². The van der Waals surface area contributed by atoms with E-state index in [1.54, 1.807) is 24.5 Å². The van der Waals surface area contributed by atoms with Gasteiger partial charge in [0.25, 0.3) is 0 Å². The lowest BCUT2D eigenvalue weighted by Gasteiger charge is -2.26. The van der Waals surface area contributed by atoms with Crippen molar-refractivity contribution < 1.29 is 4.39 Å². The quantitative estimate of drug-likeness (QED) is 0.406. The van der Waals surface area contributed by atoms with Gasteiger partial charge in [0.05, 0.1) is 28.8 Å². The maximum absolute atomic E-state index is 13.7. The molecule has 170 valence electrons. The van der Waals surface area contributed by atoms with E-state index in [-0.39, 0.29) is 11.9 Å². The first-order valence-electron chi connectivity index (χ1n) is 11.8. The van der Waals surface area contributed by atoms with E-state index >= 15 is 0 Å². The molecule has 1 atom stereocenters. The Morgan fingerprint density at radius 1 is 0.941 bits per heavy atom. The smallest absolute Gasteiger partial charge is 0.223 e. The van der Waals surface area contributed by atoms with Gasteiger partial charge in [0.2, 0.25) is 5.95 Å². The van der Waals surface area contributed by atoms with Crippen molar-refractivity contribution in [1.82, 2.24) is 24.5 Å². The third-order valence-corrected chi connectivity index (χ3v) is 6.61. The van der Waals surface area contributed by atoms with Gasteiger partial charge in [0.1, 0.15) is 11.6 Å². The number of hydrogen-bond acceptors (Lipinski definition) is 5. The molecule has 34 heavy (non-hydrogen) atoms. The number of pyridine rings is 1. The molecule has 0 saturated heterocycles. The molecule has 6 nitrogen and oxygen atoms in total. The van der Waals surface area contributed by atoms with Crippen molar-refractivity contribution >= 4 is 12.0 Å². The first-order valence-corrected chi connectivity index (χ1v) is 11.8. The lowest BCUT2D eigenvalue weighted by atomic mass is 9.93. The predicted molar refractivity (Wildman–Crippen MR) is 131 cm³/mol. The molecule has 2 aliphatic rings. The molecule has 7 heteroatoms. The van der Waals surface area contributed by atoms with Crippen LogP contribution in [0.2, 0.25) is 0 Å². The van der Waals surface area contributed by atoms with E-state index in [1.165, 1.54) is 18.6 Å². The Bertz CT molecular complexity index is 1330. The Morgan fingerprint density at radius 2 is 1.82 bits per heavy atom. The standard InChI is InChI=1S/C27H25FN6/c28-19-9-7-18(8-10-19)25-26(23-15-17-30-27(32-23)31-21-5-3-6-21)34-22(13-14-24(34)33-25)12-11-20-4-1-2-16-29-20/h1-2,4,7-12,15-17,21-22H,3,5-6,13-14H2,(H,30,31,32). The summed E-state index contributed by atoms with van der Waals surface area (Å²) in [6.45, 7) is 0. The van der Waals surface area contributed by atoms with Crippen LogP contribution in [-0.4, -0.2) is 30.5 Å². The lowest BCUT2D eigenvalue weighted by molar-refractivity contribution is 0.443. The number of aromatic nitrogens is 5. The summed E-state index contributed by atoms with van der Waals surface area (Å²) in [6, 6.07) is 14.9. The largest absolute Gasteiger partial charge is 0.351 e. The number of imidazole rings is 1. The van der Waals surface area contributed by atoms with Gasteiger partial charge in [-0.3, -0.25) is 4.98 Å². The van der Waals surface area contributed by atoms with Gasteiger partial charge < -0.3 is 9.88 Å². The fraction of sp³-hybridized carbons (Fsp3) is 0.259. The summed E-state index contributed by atoms with van der Waals surface area (Å²) in [5, 5.41) is 3.45. The SMILES string of the molecule is Fc1ccc(-c2nc3n(c2-c2ccnc(NC4CCC4)n2)C(C=Cc2ccccn2)CC3)cc1. The molecule has 1 aliphatic heterocycles. The summed E-state index contributed by atoms with van der Waals surface area (Å²) in [4.78, 5) is 18.7. The third-order valence-electron chi connectivity index (χ3n) is 6.61. The Kier molecular flexibility index (Phi) is 5.37. The van der Waals surface area contributed by atoms with Crippen LogP contribution in [0.15, 0.2) is 67.0 Å². The van der Waals surface area contributed by atoms with E-state index in [0.29, 0.717) is 12.0 Å². The van der Waals surface area contributed by atoms with Crippen LogP contribution in [0.4, 0.5) is 10.3 Å². The van der Waals surface area contributed by atoms with E-state index < -0.39 is 0 Å². The van der Waals surface area contributed by atoms with Crippen LogP contribution in [0.5, 0.6) is 0 Å². The molecule has 1 N–H and O–H groups in total. The number of nitrogens with zero attached hydrogens (tertiary/aromatic N) is 5. The minimum absolute atomic E-state index is 0.131. The zero-order chi connectivity index (χ0) is 22.9. The normalized spacial score (nSPS) is 17.6. The number of nitrogens with one attached hydrogen (secondary N) is 1. The number of rotatable bonds is 6. The average molecular weight is 453 g/mol. The maximum Gasteiger partial charge on any atom is 0.223 e. The summed E-state index contributed by atoms with van der Waals surface area (Å²) in [7, 11) is 0. The number of anilines is 1. The first kappa shape index (κ1) is 20.7. The molecule has 0 bridgehead atoms. The highest BCUT2D eigenvalue weighted by Crippen LogP contribution is 2.40. The number of aryl methyl sites for hydroxylation is 1. The van der Waals surface area contributed by atoms with Crippen molar-refractivity contribution in [3.63, 3.8) is 0 Å². The molecule has 1 aliphatic carbocycles. The Hall–Kier alpha value is -3.87. The second kappa shape index (κ2) is 8.82. The number of allylic oxidation sites excluding steroid dienone is 1. The molecule has 1 unspecified atom stereocenters. The van der Waals surface area contributed by atoms with Crippen molar-refractivity contribution in [2.45, 2.75) is 44.2 Å². The van der Waals surface area contributed by atoms with Crippen molar-refractivity contribution in [1.29, 1.82) is 0 Å². The topological polar surface area (TPSA) is 68.5 Å². The predicted octanol–water partition coefficient (Wildman–Crippen LogP) is 5.71. The fourth-order valence-electron chi connectivity index (χ4n) is 4.63. The summed E-state index contributed by atoms with van der Waals surface area (Å²) in [6.07, 6.45) is 13.2. The molecule has 0 spiro atoms. The molecular formula is C27H25FN6. The van der Waals surface area contributed by atoms with Crippen LogP contribution in [-0.2, 0) is 6.42 Å². The van der Waals surface area contributed by atoms with E-state index in [2.05, 4.69) is 32.0 Å². The highest BCUT2D eigenvalue weighted by molar-refractivity contribution is 5.78. The average Bonchev–Trinajstić information content (AvgIpc) is 3.41. The van der Waals surface area contributed by atoms with Crippen LogP contribution in [0, 0.1) is 5.82 Å². The number of benzene rings is 1. The number of fused-ring (bicyclic) bond motifs is 1. The molecular weight excluding hydrogens is 427 g/mol. The van der Waals surface area contributed by atoms with Crippen LogP contribution >= 0.6 is 0 Å². The maximum atomic E-state index is 13.7. The van der Waals surface area contributed by atoms with Gasteiger partial charge in [-0.2, -0.15) is 0 Å². The fourth-order valence-corrected chi connectivity index (χ4v) is 4.63. The first-order chi connectivity index (χ1) is 16.7. The van der Waals surface area contributed by atoms with Gasteiger partial charge in [-0.1, -0.05) is 12.1 Å². The van der Waals surface area contributed by atoms with Gasteiger partial charge in [0.15, 0.2) is 0 Å². The minimum Gasteiger partial charge on any atom is -0.351 e. The Labute approximate surface area is 197 Å². The molecule has 3 aromatic heterocycles. The van der Waals surface area contributed by atoms with E-state index in [9.17, 15) is 4.39 Å². The number of halogens is 1. The van der Waals surface area contributed by atoms with E-state index in [0.717, 1.165) is 59.8 Å². The molecule has 1 fully saturated rings. The Balaban J connectivity index is 1.44. The zero-order valence-electron chi connectivity index (χ0n) is 18.7. The highest BCUT2D eigenvalue weighted by Gasteiger charge is 2.30. The second-order valence-corrected chi connectivity index (χ2v) is 8.86. The monoisotopic (exact) mass is 452 g/mol. The molecule has 6 rings (SSSR count). The van der Waals surface area contributed by atoms with Gasteiger partial charge in [-0.25, -0.2) is 19.3 Å². The van der Waals surface area contributed by atoms with Gasteiger partial charge >= 0.3 is 0 Å². The van der Waals surface area contributed by atoms with Crippen LogP contribution in [0.3, 0.4) is 0 Å². The second-order valence-electron chi connectivity index (χ2n) is 8.86. The van der Waals surface area contributed by atoms with Crippen molar-refractivity contribution in [2.75, 3.05) is 5.32 Å². The van der Waals surface area contributed by atoms with E-state index in [4.69, 9.17) is 9.97 Å². The van der Waals surface area contributed by atoms with Crippen molar-refractivity contribution in [3.05, 3.63) is 84.3 Å². The zero-order valence-corrected chi connectivity index (χ0v) is 18.7.